The van der Waals surface area contributed by atoms with Crippen molar-refractivity contribution in [3.05, 3.63) is 57.7 Å². The van der Waals surface area contributed by atoms with Gasteiger partial charge in [-0.2, -0.15) is 0 Å². The van der Waals surface area contributed by atoms with Crippen molar-refractivity contribution in [1.82, 2.24) is 5.32 Å². The van der Waals surface area contributed by atoms with E-state index in [2.05, 4.69) is 28.2 Å². The van der Waals surface area contributed by atoms with Gasteiger partial charge in [-0.3, -0.25) is 0 Å². The molecule has 1 atom stereocenters. The standard InChI is InChI=1S/C16H19BrFNO2/c1-3-8-19-16(11-4-6-14(18)13(17)9-11)15-7-5-12(21-15)10-20-2/h4-7,9,16,19H,3,8,10H2,1-2H3. The molecule has 2 aromatic rings. The first-order valence-corrected chi connectivity index (χ1v) is 7.71. The zero-order chi connectivity index (χ0) is 15.2. The number of halogens is 2. The SMILES string of the molecule is CCCNC(c1ccc(F)c(Br)c1)c1ccc(COC)o1. The highest BCUT2D eigenvalue weighted by molar-refractivity contribution is 9.10. The van der Waals surface area contributed by atoms with E-state index >= 15 is 0 Å². The van der Waals surface area contributed by atoms with Gasteiger partial charge in [-0.1, -0.05) is 13.0 Å². The smallest absolute Gasteiger partial charge is 0.137 e. The summed E-state index contributed by atoms with van der Waals surface area (Å²) < 4.78 is 24.7. The summed E-state index contributed by atoms with van der Waals surface area (Å²) in [5.41, 5.74) is 0.954. The largest absolute Gasteiger partial charge is 0.462 e. The van der Waals surface area contributed by atoms with Crippen LogP contribution in [0.5, 0.6) is 0 Å². The van der Waals surface area contributed by atoms with Crippen LogP contribution in [-0.2, 0) is 11.3 Å². The Morgan fingerprint density at radius 2 is 2.14 bits per heavy atom. The molecule has 0 aliphatic carbocycles. The predicted octanol–water partition coefficient (Wildman–Crippen LogP) is 4.42. The molecule has 1 heterocycles. The molecule has 2 rings (SSSR count). The van der Waals surface area contributed by atoms with E-state index in [1.807, 2.05) is 12.1 Å². The van der Waals surface area contributed by atoms with Gasteiger partial charge < -0.3 is 14.5 Å². The molecule has 0 saturated carbocycles. The molecule has 0 spiro atoms. The van der Waals surface area contributed by atoms with Gasteiger partial charge in [-0.25, -0.2) is 4.39 Å². The lowest BCUT2D eigenvalue weighted by atomic mass is 10.0. The summed E-state index contributed by atoms with van der Waals surface area (Å²) >= 11 is 3.23. The third-order valence-electron chi connectivity index (χ3n) is 3.13. The maximum absolute atomic E-state index is 13.4. The molecule has 0 aliphatic rings. The molecular weight excluding hydrogens is 337 g/mol. The fourth-order valence-corrected chi connectivity index (χ4v) is 2.53. The minimum absolute atomic E-state index is 0.104. The van der Waals surface area contributed by atoms with Crippen LogP contribution in [0.2, 0.25) is 0 Å². The lowest BCUT2D eigenvalue weighted by molar-refractivity contribution is 0.162. The molecule has 21 heavy (non-hydrogen) atoms. The summed E-state index contributed by atoms with van der Waals surface area (Å²) in [6.07, 6.45) is 1.00. The van der Waals surface area contributed by atoms with Gasteiger partial charge in [0, 0.05) is 7.11 Å². The van der Waals surface area contributed by atoms with Gasteiger partial charge in [0.15, 0.2) is 0 Å². The van der Waals surface area contributed by atoms with Crippen molar-refractivity contribution in [1.29, 1.82) is 0 Å². The fraction of sp³-hybridized carbons (Fsp3) is 0.375. The number of methoxy groups -OCH3 is 1. The van der Waals surface area contributed by atoms with E-state index in [0.717, 1.165) is 30.0 Å². The first-order valence-electron chi connectivity index (χ1n) is 6.91. The van der Waals surface area contributed by atoms with Gasteiger partial charge >= 0.3 is 0 Å². The second kappa shape index (κ2) is 7.73. The summed E-state index contributed by atoms with van der Waals surface area (Å²) in [6, 6.07) is 8.73. The van der Waals surface area contributed by atoms with Crippen LogP contribution >= 0.6 is 15.9 Å². The van der Waals surface area contributed by atoms with Crippen molar-refractivity contribution < 1.29 is 13.5 Å². The molecule has 1 aromatic heterocycles. The van der Waals surface area contributed by atoms with Gasteiger partial charge in [0.2, 0.25) is 0 Å². The predicted molar refractivity (Wildman–Crippen MR) is 83.7 cm³/mol. The van der Waals surface area contributed by atoms with Crippen molar-refractivity contribution in [2.75, 3.05) is 13.7 Å². The maximum Gasteiger partial charge on any atom is 0.137 e. The Kier molecular flexibility index (Phi) is 5.96. The second-order valence-corrected chi connectivity index (χ2v) is 5.65. The third kappa shape index (κ3) is 4.15. The second-order valence-electron chi connectivity index (χ2n) is 4.80. The number of furan rings is 1. The summed E-state index contributed by atoms with van der Waals surface area (Å²) in [5.74, 6) is 1.30. The molecular formula is C16H19BrFNO2. The highest BCUT2D eigenvalue weighted by Gasteiger charge is 2.18. The van der Waals surface area contributed by atoms with E-state index in [-0.39, 0.29) is 11.9 Å². The van der Waals surface area contributed by atoms with E-state index in [1.165, 1.54) is 6.07 Å². The van der Waals surface area contributed by atoms with Gasteiger partial charge in [0.1, 0.15) is 23.9 Å². The van der Waals surface area contributed by atoms with Gasteiger partial charge in [0.05, 0.1) is 10.5 Å². The van der Waals surface area contributed by atoms with Crippen LogP contribution in [0.3, 0.4) is 0 Å². The number of rotatable bonds is 7. The number of benzene rings is 1. The van der Waals surface area contributed by atoms with Crippen LogP contribution in [0, 0.1) is 5.82 Å². The third-order valence-corrected chi connectivity index (χ3v) is 3.74. The number of hydrogen-bond acceptors (Lipinski definition) is 3. The minimum Gasteiger partial charge on any atom is -0.462 e. The van der Waals surface area contributed by atoms with E-state index in [0.29, 0.717) is 11.1 Å². The maximum atomic E-state index is 13.4. The number of ether oxygens (including phenoxy) is 1. The quantitative estimate of drug-likeness (QED) is 0.798. The molecule has 0 radical (unpaired) electrons. The topological polar surface area (TPSA) is 34.4 Å². The van der Waals surface area contributed by atoms with Gasteiger partial charge in [-0.05, 0) is 58.7 Å². The fourth-order valence-electron chi connectivity index (χ4n) is 2.13. The Hall–Kier alpha value is -1.17. The van der Waals surface area contributed by atoms with Crippen LogP contribution < -0.4 is 5.32 Å². The van der Waals surface area contributed by atoms with Crippen molar-refractivity contribution in [2.45, 2.75) is 26.0 Å². The molecule has 1 N–H and O–H groups in total. The van der Waals surface area contributed by atoms with Crippen LogP contribution in [0.25, 0.3) is 0 Å². The minimum atomic E-state index is -0.271. The molecule has 0 bridgehead atoms. The van der Waals surface area contributed by atoms with Gasteiger partial charge in [-0.15, -0.1) is 0 Å². The molecule has 0 amide bonds. The average Bonchev–Trinajstić information content (AvgIpc) is 2.92. The highest BCUT2D eigenvalue weighted by atomic mass is 79.9. The molecule has 0 saturated heterocycles. The first kappa shape index (κ1) is 16.2. The van der Waals surface area contributed by atoms with Gasteiger partial charge in [0.25, 0.3) is 0 Å². The Morgan fingerprint density at radius 3 is 2.81 bits per heavy atom. The van der Waals surface area contributed by atoms with Crippen LogP contribution in [0.4, 0.5) is 4.39 Å². The van der Waals surface area contributed by atoms with Crippen molar-refractivity contribution in [2.24, 2.45) is 0 Å². The van der Waals surface area contributed by atoms with E-state index in [4.69, 9.17) is 9.15 Å². The Morgan fingerprint density at radius 1 is 1.33 bits per heavy atom. The molecule has 1 aromatic carbocycles. The first-order chi connectivity index (χ1) is 10.2. The summed E-state index contributed by atoms with van der Waals surface area (Å²) in [4.78, 5) is 0. The summed E-state index contributed by atoms with van der Waals surface area (Å²) in [7, 11) is 1.63. The van der Waals surface area contributed by atoms with E-state index < -0.39 is 0 Å². The monoisotopic (exact) mass is 355 g/mol. The van der Waals surface area contributed by atoms with Crippen LogP contribution in [-0.4, -0.2) is 13.7 Å². The lowest BCUT2D eigenvalue weighted by Crippen LogP contribution is -2.22. The number of nitrogens with one attached hydrogen (secondary N) is 1. The highest BCUT2D eigenvalue weighted by Crippen LogP contribution is 2.27. The zero-order valence-corrected chi connectivity index (χ0v) is 13.7. The Bertz CT molecular complexity index is 585. The molecule has 114 valence electrons. The zero-order valence-electron chi connectivity index (χ0n) is 12.2. The summed E-state index contributed by atoms with van der Waals surface area (Å²) in [5, 5.41) is 3.43. The summed E-state index contributed by atoms with van der Waals surface area (Å²) in [6.45, 7) is 3.39. The lowest BCUT2D eigenvalue weighted by Gasteiger charge is -2.17. The van der Waals surface area contributed by atoms with Crippen LogP contribution in [0.1, 0.15) is 36.5 Å². The Labute approximate surface area is 132 Å². The molecule has 0 aliphatic heterocycles. The van der Waals surface area contributed by atoms with Crippen molar-refractivity contribution in [3.63, 3.8) is 0 Å². The van der Waals surface area contributed by atoms with E-state index in [9.17, 15) is 4.39 Å². The average molecular weight is 356 g/mol. The van der Waals surface area contributed by atoms with Crippen molar-refractivity contribution in [3.8, 4) is 0 Å². The Balaban J connectivity index is 2.29. The normalized spacial score (nSPS) is 12.6. The molecule has 5 heteroatoms. The molecule has 0 fully saturated rings. The molecule has 3 nitrogen and oxygen atoms in total. The molecule has 1 unspecified atom stereocenters. The number of hydrogen-bond donors (Lipinski definition) is 1. The van der Waals surface area contributed by atoms with E-state index in [1.54, 1.807) is 19.2 Å². The van der Waals surface area contributed by atoms with Crippen molar-refractivity contribution >= 4 is 15.9 Å². The van der Waals surface area contributed by atoms with Crippen LogP contribution in [0.15, 0.2) is 39.2 Å².